The van der Waals surface area contributed by atoms with Gasteiger partial charge in [-0.05, 0) is 91.6 Å². The first kappa shape index (κ1) is 21.0. The summed E-state index contributed by atoms with van der Waals surface area (Å²) in [5, 5.41) is 3.33. The third-order valence-corrected chi connectivity index (χ3v) is 10.1. The van der Waals surface area contributed by atoms with E-state index in [1.807, 2.05) is 19.2 Å². The van der Waals surface area contributed by atoms with E-state index >= 15 is 0 Å². The highest BCUT2D eigenvalue weighted by molar-refractivity contribution is 5.92. The molecular weight excluding hydrogens is 386 g/mol. The summed E-state index contributed by atoms with van der Waals surface area (Å²) in [5.74, 6) is 3.16. The van der Waals surface area contributed by atoms with Gasteiger partial charge in [0.25, 0.3) is 0 Å². The maximum absolute atomic E-state index is 13.1. The van der Waals surface area contributed by atoms with Crippen LogP contribution in [0.5, 0.6) is 0 Å². The molecule has 31 heavy (non-hydrogen) atoms. The summed E-state index contributed by atoms with van der Waals surface area (Å²) in [6, 6.07) is 4.18. The van der Waals surface area contributed by atoms with Gasteiger partial charge in [0, 0.05) is 44.0 Å². The molecule has 2 heterocycles. The largest absolute Gasteiger partial charge is 0.353 e. The molecule has 4 fully saturated rings. The quantitative estimate of drug-likeness (QED) is 0.774. The van der Waals surface area contributed by atoms with Crippen molar-refractivity contribution in [1.82, 2.24) is 10.3 Å². The van der Waals surface area contributed by atoms with Crippen LogP contribution < -0.4 is 10.2 Å². The molecule has 3 aliphatic carbocycles. The van der Waals surface area contributed by atoms with Gasteiger partial charge in [0.1, 0.15) is 0 Å². The molecule has 3 saturated carbocycles. The summed E-state index contributed by atoms with van der Waals surface area (Å²) in [7, 11) is 1.89. The van der Waals surface area contributed by atoms with Gasteiger partial charge in [-0.1, -0.05) is 13.8 Å². The lowest BCUT2D eigenvalue weighted by molar-refractivity contribution is -0.137. The SMILES string of the molecule is CN(C(=O)C[C@H]1CC[C@H]2[C@@H]3CCC4NC(=O)CC[C@]4(C)[C@H]3CC[C@]12C)c1ccncc1. The number of hydrogen-bond acceptors (Lipinski definition) is 3. The monoisotopic (exact) mass is 423 g/mol. The first-order valence-electron chi connectivity index (χ1n) is 12.3. The van der Waals surface area contributed by atoms with Gasteiger partial charge in [-0.15, -0.1) is 0 Å². The lowest BCUT2D eigenvalue weighted by Gasteiger charge is -2.60. The van der Waals surface area contributed by atoms with Gasteiger partial charge in [0.2, 0.25) is 11.8 Å². The molecule has 1 aliphatic heterocycles. The van der Waals surface area contributed by atoms with Crippen molar-refractivity contribution in [3.8, 4) is 0 Å². The average molecular weight is 424 g/mol. The Morgan fingerprint density at radius 3 is 2.58 bits per heavy atom. The number of fused-ring (bicyclic) bond motifs is 5. The van der Waals surface area contributed by atoms with Crippen LogP contribution in [0.4, 0.5) is 5.69 Å². The smallest absolute Gasteiger partial charge is 0.227 e. The van der Waals surface area contributed by atoms with Crippen molar-refractivity contribution in [2.24, 2.45) is 34.5 Å². The second kappa shape index (κ2) is 7.60. The molecule has 0 bridgehead atoms. The summed E-state index contributed by atoms with van der Waals surface area (Å²) in [6.07, 6.45) is 13.2. The number of anilines is 1. The molecule has 1 N–H and O–H groups in total. The molecule has 5 nitrogen and oxygen atoms in total. The molecule has 7 atom stereocenters. The summed E-state index contributed by atoms with van der Waals surface area (Å²) in [4.78, 5) is 31.0. The molecule has 168 valence electrons. The molecule has 4 aliphatic rings. The average Bonchev–Trinajstić information content (AvgIpc) is 3.10. The van der Waals surface area contributed by atoms with Crippen molar-refractivity contribution >= 4 is 17.5 Å². The van der Waals surface area contributed by atoms with Gasteiger partial charge >= 0.3 is 0 Å². The van der Waals surface area contributed by atoms with Crippen molar-refractivity contribution < 1.29 is 9.59 Å². The maximum Gasteiger partial charge on any atom is 0.227 e. The number of amides is 2. The number of nitrogens with one attached hydrogen (secondary N) is 1. The van der Waals surface area contributed by atoms with E-state index in [1.54, 1.807) is 17.3 Å². The number of pyridine rings is 1. The van der Waals surface area contributed by atoms with E-state index in [-0.39, 0.29) is 22.6 Å². The van der Waals surface area contributed by atoms with Crippen molar-refractivity contribution in [3.63, 3.8) is 0 Å². The molecule has 1 aromatic heterocycles. The van der Waals surface area contributed by atoms with Crippen molar-refractivity contribution in [3.05, 3.63) is 24.5 Å². The molecule has 1 aromatic rings. The van der Waals surface area contributed by atoms with Crippen LogP contribution in [0.1, 0.15) is 71.6 Å². The Hall–Kier alpha value is -1.91. The second-order valence-electron chi connectivity index (χ2n) is 11.3. The number of hydrogen-bond donors (Lipinski definition) is 1. The van der Waals surface area contributed by atoms with E-state index in [0.29, 0.717) is 24.8 Å². The predicted molar refractivity (Wildman–Crippen MR) is 121 cm³/mol. The number of piperidine rings is 1. The minimum absolute atomic E-state index is 0.228. The fraction of sp³-hybridized carbons (Fsp3) is 0.731. The Morgan fingerprint density at radius 2 is 1.81 bits per heavy atom. The Bertz CT molecular complexity index is 857. The molecule has 0 radical (unpaired) electrons. The molecule has 1 saturated heterocycles. The minimum Gasteiger partial charge on any atom is -0.353 e. The lowest BCUT2D eigenvalue weighted by Crippen LogP contribution is -2.61. The first-order valence-corrected chi connectivity index (χ1v) is 12.3. The van der Waals surface area contributed by atoms with Crippen molar-refractivity contribution in [2.75, 3.05) is 11.9 Å². The van der Waals surface area contributed by atoms with Crippen LogP contribution in [0.25, 0.3) is 0 Å². The van der Waals surface area contributed by atoms with Crippen LogP contribution in [-0.2, 0) is 9.59 Å². The van der Waals surface area contributed by atoms with Gasteiger partial charge in [0.05, 0.1) is 0 Å². The zero-order chi connectivity index (χ0) is 21.8. The molecule has 5 heteroatoms. The first-order chi connectivity index (χ1) is 14.8. The van der Waals surface area contributed by atoms with Crippen LogP contribution in [0, 0.1) is 34.5 Å². The maximum atomic E-state index is 13.1. The second-order valence-corrected chi connectivity index (χ2v) is 11.3. The Balaban J connectivity index is 1.31. The zero-order valence-corrected chi connectivity index (χ0v) is 19.3. The van der Waals surface area contributed by atoms with E-state index < -0.39 is 0 Å². The standard InChI is InChI=1S/C26H37N3O2/c1-25-12-8-21-19(5-7-22-26(21,2)13-9-23(30)28-22)20(25)6-4-17(25)16-24(31)29(3)18-10-14-27-15-11-18/h10-11,14-15,17,19-22H,4-9,12-13,16H2,1-3H3,(H,28,30)/t17-,19+,20+,21+,22?,25-,26-/m1/s1. The fourth-order valence-electron chi connectivity index (χ4n) is 8.21. The summed E-state index contributed by atoms with van der Waals surface area (Å²) in [6.45, 7) is 4.94. The highest BCUT2D eigenvalue weighted by Crippen LogP contribution is 2.66. The zero-order valence-electron chi connectivity index (χ0n) is 19.3. The summed E-state index contributed by atoms with van der Waals surface area (Å²) >= 11 is 0. The fourth-order valence-corrected chi connectivity index (χ4v) is 8.21. The third kappa shape index (κ3) is 3.30. The number of nitrogens with zero attached hydrogens (tertiary/aromatic N) is 2. The lowest BCUT2D eigenvalue weighted by atomic mass is 9.47. The van der Waals surface area contributed by atoms with Gasteiger partial charge in [-0.2, -0.15) is 0 Å². The molecule has 0 spiro atoms. The minimum atomic E-state index is 0.228. The van der Waals surface area contributed by atoms with Gasteiger partial charge in [-0.25, -0.2) is 0 Å². The molecular formula is C26H37N3O2. The van der Waals surface area contributed by atoms with Crippen molar-refractivity contribution in [2.45, 2.75) is 77.7 Å². The highest BCUT2D eigenvalue weighted by atomic mass is 16.2. The molecule has 5 rings (SSSR count). The Kier molecular flexibility index (Phi) is 5.14. The van der Waals surface area contributed by atoms with E-state index in [0.717, 1.165) is 36.3 Å². The molecule has 1 unspecified atom stereocenters. The van der Waals surface area contributed by atoms with Crippen molar-refractivity contribution in [1.29, 1.82) is 0 Å². The van der Waals surface area contributed by atoms with Crippen LogP contribution in [0.3, 0.4) is 0 Å². The number of rotatable bonds is 3. The summed E-state index contributed by atoms with van der Waals surface area (Å²) < 4.78 is 0. The van der Waals surface area contributed by atoms with Gasteiger partial charge in [0.15, 0.2) is 0 Å². The number of carbonyl (C=O) groups is 2. The Morgan fingerprint density at radius 1 is 1.06 bits per heavy atom. The normalized spacial score (nSPS) is 41.5. The number of carbonyl (C=O) groups excluding carboxylic acids is 2. The highest BCUT2D eigenvalue weighted by Gasteiger charge is 2.60. The van der Waals surface area contributed by atoms with E-state index in [9.17, 15) is 9.59 Å². The molecule has 2 amide bonds. The van der Waals surface area contributed by atoms with Crippen LogP contribution in [0.15, 0.2) is 24.5 Å². The third-order valence-electron chi connectivity index (χ3n) is 10.1. The summed E-state index contributed by atoms with van der Waals surface area (Å²) in [5.41, 5.74) is 1.46. The van der Waals surface area contributed by atoms with Crippen LogP contribution in [0.2, 0.25) is 0 Å². The number of aromatic nitrogens is 1. The molecule has 0 aromatic carbocycles. The van der Waals surface area contributed by atoms with Gasteiger partial charge < -0.3 is 10.2 Å². The van der Waals surface area contributed by atoms with E-state index in [2.05, 4.69) is 24.1 Å². The Labute approximate surface area is 186 Å². The van der Waals surface area contributed by atoms with Gasteiger partial charge in [-0.3, -0.25) is 14.6 Å². The topological polar surface area (TPSA) is 62.3 Å². The predicted octanol–water partition coefficient (Wildman–Crippen LogP) is 4.57. The van der Waals surface area contributed by atoms with E-state index in [4.69, 9.17) is 0 Å². The van der Waals surface area contributed by atoms with Crippen LogP contribution >= 0.6 is 0 Å². The van der Waals surface area contributed by atoms with Crippen LogP contribution in [-0.4, -0.2) is 29.9 Å². The van der Waals surface area contributed by atoms with E-state index in [1.165, 1.54) is 32.1 Å².